The molecule has 0 saturated heterocycles. The summed E-state index contributed by atoms with van der Waals surface area (Å²) in [5.74, 6) is 0.646. The lowest BCUT2D eigenvalue weighted by Gasteiger charge is -2.41. The van der Waals surface area contributed by atoms with Gasteiger partial charge in [0.1, 0.15) is 5.78 Å². The van der Waals surface area contributed by atoms with E-state index in [0.717, 1.165) is 12.8 Å². The van der Waals surface area contributed by atoms with Crippen LogP contribution in [0.15, 0.2) is 0 Å². The predicted molar refractivity (Wildman–Crippen MR) is 87.4 cm³/mol. The summed E-state index contributed by atoms with van der Waals surface area (Å²) in [6, 6.07) is 0. The van der Waals surface area contributed by atoms with E-state index in [-0.39, 0.29) is 46.8 Å². The van der Waals surface area contributed by atoms with Gasteiger partial charge in [-0.3, -0.25) is 4.79 Å². The number of aliphatic hydroxyl groups is 3. The number of Topliss-reactive ketones (excluding diaryl/α,β-unsaturated/α-hetero) is 1. The highest BCUT2D eigenvalue weighted by atomic mass is 16.3. The van der Waals surface area contributed by atoms with E-state index in [9.17, 15) is 20.1 Å². The van der Waals surface area contributed by atoms with Crippen LogP contribution in [0.2, 0.25) is 0 Å². The van der Waals surface area contributed by atoms with Crippen LogP contribution in [0.4, 0.5) is 0 Å². The van der Waals surface area contributed by atoms with Crippen LogP contribution in [0.5, 0.6) is 0 Å². The van der Waals surface area contributed by atoms with Crippen LogP contribution in [0, 0.1) is 22.7 Å². The summed E-state index contributed by atoms with van der Waals surface area (Å²) in [5, 5.41) is 28.8. The first-order valence-electron chi connectivity index (χ1n) is 8.42. The van der Waals surface area contributed by atoms with Crippen molar-refractivity contribution in [1.29, 1.82) is 0 Å². The van der Waals surface area contributed by atoms with Crippen molar-refractivity contribution in [3.05, 3.63) is 0 Å². The van der Waals surface area contributed by atoms with Crippen molar-refractivity contribution in [2.45, 2.75) is 85.5 Å². The Balaban J connectivity index is 0.000000220. The maximum atomic E-state index is 11.1. The fourth-order valence-corrected chi connectivity index (χ4v) is 4.07. The standard InChI is InChI=1S/C9H18O2.C9H16O2/c2*1-6-4-7(10)5-9(2,3)8(6)11/h6-8,10-11H,4-5H2,1-3H3;6,8,11H,4-5H2,1-3H3. The second-order valence-electron chi connectivity index (χ2n) is 8.83. The molecular weight excluding hydrogens is 280 g/mol. The van der Waals surface area contributed by atoms with Gasteiger partial charge in [-0.05, 0) is 35.5 Å². The summed E-state index contributed by atoms with van der Waals surface area (Å²) in [5.41, 5.74) is -0.328. The highest BCUT2D eigenvalue weighted by Gasteiger charge is 2.40. The first-order chi connectivity index (χ1) is 9.86. The Labute approximate surface area is 134 Å². The molecule has 2 aliphatic rings. The molecular formula is C18H34O4. The molecule has 0 spiro atoms. The number of carbonyl (C=O) groups is 1. The zero-order valence-electron chi connectivity index (χ0n) is 15.0. The lowest BCUT2D eigenvalue weighted by molar-refractivity contribution is -0.131. The molecule has 2 aliphatic carbocycles. The summed E-state index contributed by atoms with van der Waals surface area (Å²) in [6.07, 6.45) is 1.74. The first kappa shape index (κ1) is 19.6. The first-order valence-corrected chi connectivity index (χ1v) is 8.42. The van der Waals surface area contributed by atoms with Crippen LogP contribution in [0.1, 0.15) is 67.2 Å². The Morgan fingerprint density at radius 3 is 1.86 bits per heavy atom. The van der Waals surface area contributed by atoms with Gasteiger partial charge in [-0.25, -0.2) is 0 Å². The molecule has 5 atom stereocenters. The maximum absolute atomic E-state index is 11.1. The molecule has 2 rings (SSSR count). The molecule has 5 unspecified atom stereocenters. The van der Waals surface area contributed by atoms with Gasteiger partial charge in [0, 0.05) is 12.8 Å². The monoisotopic (exact) mass is 314 g/mol. The minimum atomic E-state index is -0.319. The molecule has 0 aromatic heterocycles. The van der Waals surface area contributed by atoms with Gasteiger partial charge < -0.3 is 15.3 Å². The molecule has 4 nitrogen and oxygen atoms in total. The largest absolute Gasteiger partial charge is 0.393 e. The average Bonchev–Trinajstić information content (AvgIpc) is 2.32. The third-order valence-corrected chi connectivity index (χ3v) is 5.29. The number of carbonyl (C=O) groups excluding carboxylic acids is 1. The van der Waals surface area contributed by atoms with Gasteiger partial charge in [-0.1, -0.05) is 41.5 Å². The third-order valence-electron chi connectivity index (χ3n) is 5.29. The highest BCUT2D eigenvalue weighted by Crippen LogP contribution is 2.38. The number of hydrogen-bond donors (Lipinski definition) is 3. The van der Waals surface area contributed by atoms with Gasteiger partial charge in [-0.2, -0.15) is 0 Å². The molecule has 130 valence electrons. The number of aliphatic hydroxyl groups excluding tert-OH is 3. The van der Waals surface area contributed by atoms with Gasteiger partial charge in [0.2, 0.25) is 0 Å². The van der Waals surface area contributed by atoms with Crippen LogP contribution in [0.3, 0.4) is 0 Å². The third kappa shape index (κ3) is 4.77. The van der Waals surface area contributed by atoms with E-state index in [0.29, 0.717) is 12.8 Å². The Morgan fingerprint density at radius 1 is 0.909 bits per heavy atom. The van der Waals surface area contributed by atoms with E-state index >= 15 is 0 Å². The van der Waals surface area contributed by atoms with Gasteiger partial charge >= 0.3 is 0 Å². The van der Waals surface area contributed by atoms with Crippen molar-refractivity contribution >= 4 is 5.78 Å². The predicted octanol–water partition coefficient (Wildman–Crippen LogP) is 2.54. The van der Waals surface area contributed by atoms with E-state index in [4.69, 9.17) is 0 Å². The van der Waals surface area contributed by atoms with E-state index in [1.54, 1.807) is 0 Å². The zero-order chi connectivity index (χ0) is 17.3. The van der Waals surface area contributed by atoms with Crippen molar-refractivity contribution < 1.29 is 20.1 Å². The van der Waals surface area contributed by atoms with E-state index in [2.05, 4.69) is 0 Å². The molecule has 0 aliphatic heterocycles. The van der Waals surface area contributed by atoms with Crippen LogP contribution >= 0.6 is 0 Å². The average molecular weight is 314 g/mol. The molecule has 2 saturated carbocycles. The zero-order valence-corrected chi connectivity index (χ0v) is 15.0. The van der Waals surface area contributed by atoms with Crippen LogP contribution < -0.4 is 0 Å². The van der Waals surface area contributed by atoms with Gasteiger partial charge in [-0.15, -0.1) is 0 Å². The Kier molecular flexibility index (Phi) is 6.22. The van der Waals surface area contributed by atoms with E-state index in [1.807, 2.05) is 41.5 Å². The topological polar surface area (TPSA) is 77.8 Å². The second kappa shape index (κ2) is 6.98. The summed E-state index contributed by atoms with van der Waals surface area (Å²) >= 11 is 0. The summed E-state index contributed by atoms with van der Waals surface area (Å²) in [7, 11) is 0. The van der Waals surface area contributed by atoms with Gasteiger partial charge in [0.05, 0.1) is 18.3 Å². The Hall–Kier alpha value is -0.450. The van der Waals surface area contributed by atoms with Crippen molar-refractivity contribution in [3.63, 3.8) is 0 Å². The van der Waals surface area contributed by atoms with E-state index < -0.39 is 0 Å². The molecule has 0 radical (unpaired) electrons. The molecule has 0 aromatic rings. The van der Waals surface area contributed by atoms with E-state index in [1.165, 1.54) is 0 Å². The van der Waals surface area contributed by atoms with Crippen LogP contribution in [-0.4, -0.2) is 39.4 Å². The molecule has 0 aromatic carbocycles. The van der Waals surface area contributed by atoms with Crippen LogP contribution in [-0.2, 0) is 4.79 Å². The molecule has 0 bridgehead atoms. The van der Waals surface area contributed by atoms with Crippen LogP contribution in [0.25, 0.3) is 0 Å². The summed E-state index contributed by atoms with van der Waals surface area (Å²) < 4.78 is 0. The highest BCUT2D eigenvalue weighted by molar-refractivity contribution is 5.80. The maximum Gasteiger partial charge on any atom is 0.133 e. The quantitative estimate of drug-likeness (QED) is 0.642. The fourth-order valence-electron chi connectivity index (χ4n) is 4.07. The minimum absolute atomic E-state index is 0.114. The summed E-state index contributed by atoms with van der Waals surface area (Å²) in [6.45, 7) is 11.8. The lowest BCUT2D eigenvalue weighted by Crippen LogP contribution is -2.43. The normalized spacial score (nSPS) is 40.6. The Morgan fingerprint density at radius 2 is 1.41 bits per heavy atom. The molecule has 4 heteroatoms. The molecule has 3 N–H and O–H groups in total. The summed E-state index contributed by atoms with van der Waals surface area (Å²) in [4.78, 5) is 11.1. The van der Waals surface area contributed by atoms with Crippen molar-refractivity contribution in [2.75, 3.05) is 0 Å². The van der Waals surface area contributed by atoms with Crippen molar-refractivity contribution in [2.24, 2.45) is 22.7 Å². The lowest BCUT2D eigenvalue weighted by atomic mass is 9.69. The second-order valence-corrected chi connectivity index (χ2v) is 8.83. The minimum Gasteiger partial charge on any atom is -0.393 e. The smallest absolute Gasteiger partial charge is 0.133 e. The molecule has 22 heavy (non-hydrogen) atoms. The number of rotatable bonds is 0. The van der Waals surface area contributed by atoms with Gasteiger partial charge in [0.15, 0.2) is 0 Å². The SMILES string of the molecule is CC1CC(=O)CC(C)(C)C1O.CC1CC(O)CC(C)(C)C1O. The van der Waals surface area contributed by atoms with Crippen molar-refractivity contribution in [1.82, 2.24) is 0 Å². The van der Waals surface area contributed by atoms with Crippen molar-refractivity contribution in [3.8, 4) is 0 Å². The Bertz CT molecular complexity index is 389. The van der Waals surface area contributed by atoms with Gasteiger partial charge in [0.25, 0.3) is 0 Å². The molecule has 0 amide bonds. The number of hydrogen-bond acceptors (Lipinski definition) is 4. The fraction of sp³-hybridized carbons (Fsp3) is 0.944. The molecule has 2 fully saturated rings. The molecule has 0 heterocycles. The number of ketones is 1.